The topological polar surface area (TPSA) is 46.5 Å². The van der Waals surface area contributed by atoms with Gasteiger partial charge in [0, 0.05) is 11.4 Å². The summed E-state index contributed by atoms with van der Waals surface area (Å²) >= 11 is 12.0. The maximum absolute atomic E-state index is 13.8. The highest BCUT2D eigenvalue weighted by Gasteiger charge is 2.18. The molecule has 0 bridgehead atoms. The number of aryl methyl sites for hydroxylation is 1. The third-order valence-corrected chi connectivity index (χ3v) is 5.30. The van der Waals surface area contributed by atoms with Crippen molar-refractivity contribution in [3.63, 3.8) is 0 Å². The minimum atomic E-state index is -0.856. The summed E-state index contributed by atoms with van der Waals surface area (Å²) in [5, 5.41) is 9.39. The molecule has 0 amide bonds. The molecule has 0 atom stereocenters. The van der Waals surface area contributed by atoms with Gasteiger partial charge in [0.15, 0.2) is 0 Å². The van der Waals surface area contributed by atoms with Gasteiger partial charge in [0.05, 0.1) is 5.02 Å². The van der Waals surface area contributed by atoms with Crippen LogP contribution in [-0.2, 0) is 11.2 Å². The van der Waals surface area contributed by atoms with Crippen molar-refractivity contribution in [3.8, 4) is 5.75 Å². The molecule has 2 aromatic rings. The van der Waals surface area contributed by atoms with E-state index in [1.54, 1.807) is 24.3 Å². The van der Waals surface area contributed by atoms with Gasteiger partial charge in [-0.15, -0.1) is 0 Å². The van der Waals surface area contributed by atoms with Crippen LogP contribution in [-0.4, -0.2) is 17.7 Å². The van der Waals surface area contributed by atoms with Gasteiger partial charge in [0.2, 0.25) is 0 Å². The fourth-order valence-corrected chi connectivity index (χ4v) is 3.61. The lowest BCUT2D eigenvalue weighted by Gasteiger charge is -2.12. The second-order valence-corrected chi connectivity index (χ2v) is 7.31. The highest BCUT2D eigenvalue weighted by Crippen LogP contribution is 2.35. The number of allylic oxidation sites excluding steroid dienone is 1. The second-order valence-electron chi connectivity index (χ2n) is 6.50. The first-order valence-corrected chi connectivity index (χ1v) is 9.49. The van der Waals surface area contributed by atoms with E-state index in [1.807, 2.05) is 6.07 Å². The molecule has 2 aromatic carbocycles. The quantitative estimate of drug-likeness (QED) is 0.595. The molecule has 1 aliphatic carbocycles. The third kappa shape index (κ3) is 5.02. The predicted octanol–water partition coefficient (Wildman–Crippen LogP) is 6.17. The molecule has 0 spiro atoms. The second kappa shape index (κ2) is 8.77. The van der Waals surface area contributed by atoms with Crippen molar-refractivity contribution in [2.24, 2.45) is 0 Å². The van der Waals surface area contributed by atoms with Crippen LogP contribution in [0.3, 0.4) is 0 Å². The van der Waals surface area contributed by atoms with Crippen molar-refractivity contribution in [2.45, 2.75) is 32.1 Å². The van der Waals surface area contributed by atoms with Gasteiger partial charge >= 0.3 is 5.97 Å². The van der Waals surface area contributed by atoms with E-state index in [9.17, 15) is 9.18 Å². The van der Waals surface area contributed by atoms with Gasteiger partial charge in [0.25, 0.3) is 0 Å². The molecule has 142 valence electrons. The molecule has 27 heavy (non-hydrogen) atoms. The van der Waals surface area contributed by atoms with Crippen LogP contribution in [0.5, 0.6) is 5.75 Å². The van der Waals surface area contributed by atoms with E-state index in [1.165, 1.54) is 6.07 Å². The predicted molar refractivity (Wildman–Crippen MR) is 105 cm³/mol. The summed E-state index contributed by atoms with van der Waals surface area (Å²) in [6, 6.07) is 10.2. The van der Waals surface area contributed by atoms with E-state index >= 15 is 0 Å². The summed E-state index contributed by atoms with van der Waals surface area (Å²) in [4.78, 5) is 10.7. The van der Waals surface area contributed by atoms with Crippen molar-refractivity contribution in [2.75, 3.05) is 6.61 Å². The lowest BCUT2D eigenvalue weighted by atomic mass is 10.0. The van der Waals surface area contributed by atoms with Crippen molar-refractivity contribution in [3.05, 3.63) is 69.0 Å². The van der Waals surface area contributed by atoms with Crippen LogP contribution >= 0.6 is 23.2 Å². The number of carboxylic acids is 1. The van der Waals surface area contributed by atoms with Crippen molar-refractivity contribution in [1.82, 2.24) is 0 Å². The molecule has 0 unspecified atom stereocenters. The SMILES string of the molecule is O=C(O)CCc1ccc(OCC2=C(c3ccc(Cl)c(F)c3)CCC2)cc1Cl. The summed E-state index contributed by atoms with van der Waals surface area (Å²) in [5.41, 5.74) is 3.87. The lowest BCUT2D eigenvalue weighted by Crippen LogP contribution is -2.02. The fraction of sp³-hybridized carbons (Fsp3) is 0.286. The largest absolute Gasteiger partial charge is 0.489 e. The molecule has 0 saturated carbocycles. The number of benzene rings is 2. The molecule has 0 heterocycles. The Morgan fingerprint density at radius 1 is 1.11 bits per heavy atom. The Balaban J connectivity index is 1.70. The first-order valence-electron chi connectivity index (χ1n) is 8.73. The Morgan fingerprint density at radius 3 is 2.63 bits per heavy atom. The number of hydrogen-bond acceptors (Lipinski definition) is 2. The maximum atomic E-state index is 13.8. The standard InChI is InChI=1S/C21H19Cl2FO3/c22-18-8-5-14(10-20(18)24)17-3-1-2-15(17)12-27-16-7-4-13(19(23)11-16)6-9-21(25)26/h4-5,7-8,10-11H,1-3,6,9,12H2,(H,25,26). The third-order valence-electron chi connectivity index (χ3n) is 4.65. The Bertz CT molecular complexity index is 893. The zero-order chi connectivity index (χ0) is 19.4. The maximum Gasteiger partial charge on any atom is 0.303 e. The van der Waals surface area contributed by atoms with Crippen molar-refractivity contribution in [1.29, 1.82) is 0 Å². The van der Waals surface area contributed by atoms with Gasteiger partial charge in [0.1, 0.15) is 18.2 Å². The molecule has 0 aliphatic heterocycles. The molecular formula is C21H19Cl2FO3. The summed E-state index contributed by atoms with van der Waals surface area (Å²) in [7, 11) is 0. The number of hydrogen-bond donors (Lipinski definition) is 1. The minimum Gasteiger partial charge on any atom is -0.489 e. The number of carbonyl (C=O) groups is 1. The Hall–Kier alpha value is -2.04. The zero-order valence-corrected chi connectivity index (χ0v) is 16.1. The Labute approximate surface area is 167 Å². The van der Waals surface area contributed by atoms with Crippen LogP contribution in [0.15, 0.2) is 42.0 Å². The molecule has 0 saturated heterocycles. The average molecular weight is 409 g/mol. The van der Waals surface area contributed by atoms with Gasteiger partial charge in [-0.2, -0.15) is 0 Å². The van der Waals surface area contributed by atoms with Crippen LogP contribution in [0.4, 0.5) is 4.39 Å². The normalized spacial score (nSPS) is 13.9. The summed E-state index contributed by atoms with van der Waals surface area (Å²) in [5.74, 6) is -0.650. The van der Waals surface area contributed by atoms with Gasteiger partial charge in [-0.25, -0.2) is 4.39 Å². The average Bonchev–Trinajstić information content (AvgIpc) is 3.10. The minimum absolute atomic E-state index is 0.0355. The number of halogens is 3. The highest BCUT2D eigenvalue weighted by atomic mass is 35.5. The first-order chi connectivity index (χ1) is 12.9. The van der Waals surface area contributed by atoms with E-state index < -0.39 is 11.8 Å². The number of rotatable bonds is 7. The van der Waals surface area contributed by atoms with Crippen LogP contribution in [0.2, 0.25) is 10.0 Å². The number of carboxylic acid groups (broad SMARTS) is 1. The smallest absolute Gasteiger partial charge is 0.303 e. The summed E-state index contributed by atoms with van der Waals surface area (Å²) < 4.78 is 19.6. The van der Waals surface area contributed by atoms with Gasteiger partial charge in [-0.05, 0) is 72.2 Å². The molecule has 1 N–H and O–H groups in total. The molecule has 3 rings (SSSR count). The number of aliphatic carboxylic acids is 1. The first kappa shape index (κ1) is 19.7. The summed E-state index contributed by atoms with van der Waals surface area (Å²) in [6.07, 6.45) is 3.21. The van der Waals surface area contributed by atoms with Crippen LogP contribution < -0.4 is 4.74 Å². The highest BCUT2D eigenvalue weighted by molar-refractivity contribution is 6.31. The molecule has 0 aromatic heterocycles. The van der Waals surface area contributed by atoms with Crippen molar-refractivity contribution >= 4 is 34.7 Å². The van der Waals surface area contributed by atoms with Crippen LogP contribution in [0, 0.1) is 5.82 Å². The van der Waals surface area contributed by atoms with E-state index in [0.717, 1.165) is 41.5 Å². The van der Waals surface area contributed by atoms with E-state index in [-0.39, 0.29) is 11.4 Å². The van der Waals surface area contributed by atoms with Crippen molar-refractivity contribution < 1.29 is 19.0 Å². The Morgan fingerprint density at radius 2 is 1.93 bits per heavy atom. The molecular weight excluding hydrogens is 390 g/mol. The summed E-state index contributed by atoms with van der Waals surface area (Å²) in [6.45, 7) is 0.407. The van der Waals surface area contributed by atoms with E-state index in [2.05, 4.69) is 0 Å². The van der Waals surface area contributed by atoms with E-state index in [4.69, 9.17) is 33.0 Å². The molecule has 1 aliphatic rings. The van der Waals surface area contributed by atoms with Gasteiger partial charge < -0.3 is 9.84 Å². The molecule has 0 fully saturated rings. The Kier molecular flexibility index (Phi) is 6.40. The lowest BCUT2D eigenvalue weighted by molar-refractivity contribution is -0.136. The molecule has 0 radical (unpaired) electrons. The van der Waals surface area contributed by atoms with Gasteiger partial charge in [-0.1, -0.05) is 35.3 Å². The molecule has 6 heteroatoms. The monoisotopic (exact) mass is 408 g/mol. The van der Waals surface area contributed by atoms with E-state index in [0.29, 0.717) is 23.8 Å². The fourth-order valence-electron chi connectivity index (χ4n) is 3.23. The van der Waals surface area contributed by atoms with Crippen LogP contribution in [0.25, 0.3) is 5.57 Å². The van der Waals surface area contributed by atoms with Gasteiger partial charge in [-0.3, -0.25) is 4.79 Å². The zero-order valence-electron chi connectivity index (χ0n) is 14.6. The van der Waals surface area contributed by atoms with Crippen LogP contribution in [0.1, 0.15) is 36.8 Å². The molecule has 3 nitrogen and oxygen atoms in total. The number of ether oxygens (including phenoxy) is 1.